The minimum atomic E-state index is -3.69. The van der Waals surface area contributed by atoms with E-state index in [4.69, 9.17) is 5.11 Å². The first-order valence-corrected chi connectivity index (χ1v) is 8.57. The summed E-state index contributed by atoms with van der Waals surface area (Å²) < 4.78 is 27.5. The standard InChI is InChI=1S/C13H19NO4S2/c1-7-9(6-8(19-7)10(15)16)20(17,18)14-11-12(2,3)13(11,4)5/h6,11,14H,1-5H3,(H,15,16). The van der Waals surface area contributed by atoms with Gasteiger partial charge in [-0.3, -0.25) is 0 Å². The number of aryl methyl sites for hydroxylation is 1. The number of sulfonamides is 1. The van der Waals surface area contributed by atoms with Gasteiger partial charge in [0.15, 0.2) is 0 Å². The molecule has 0 atom stereocenters. The van der Waals surface area contributed by atoms with E-state index in [0.717, 1.165) is 11.3 Å². The van der Waals surface area contributed by atoms with Crippen molar-refractivity contribution in [1.29, 1.82) is 0 Å². The molecule has 1 aromatic rings. The maximum atomic E-state index is 12.4. The van der Waals surface area contributed by atoms with Gasteiger partial charge in [-0.2, -0.15) is 0 Å². The van der Waals surface area contributed by atoms with Crippen LogP contribution in [0, 0.1) is 17.8 Å². The molecule has 20 heavy (non-hydrogen) atoms. The van der Waals surface area contributed by atoms with Crippen molar-refractivity contribution in [3.8, 4) is 0 Å². The fourth-order valence-electron chi connectivity index (χ4n) is 2.55. The fourth-order valence-corrected chi connectivity index (χ4v) is 5.51. The molecule has 1 fully saturated rings. The molecule has 2 N–H and O–H groups in total. The Bertz CT molecular complexity index is 657. The molecule has 7 heteroatoms. The molecule has 5 nitrogen and oxygen atoms in total. The molecule has 2 rings (SSSR count). The molecule has 0 unspecified atom stereocenters. The number of rotatable bonds is 4. The van der Waals surface area contributed by atoms with Crippen LogP contribution in [-0.4, -0.2) is 25.5 Å². The van der Waals surface area contributed by atoms with Crippen LogP contribution in [0.3, 0.4) is 0 Å². The first-order valence-electron chi connectivity index (χ1n) is 6.27. The summed E-state index contributed by atoms with van der Waals surface area (Å²) in [6.07, 6.45) is 0. The van der Waals surface area contributed by atoms with Gasteiger partial charge in [0.25, 0.3) is 0 Å². The summed E-state index contributed by atoms with van der Waals surface area (Å²) in [5, 5.41) is 8.94. The number of hydrogen-bond acceptors (Lipinski definition) is 4. The van der Waals surface area contributed by atoms with Crippen molar-refractivity contribution >= 4 is 27.3 Å². The Morgan fingerprint density at radius 3 is 2.15 bits per heavy atom. The van der Waals surface area contributed by atoms with E-state index < -0.39 is 16.0 Å². The van der Waals surface area contributed by atoms with E-state index in [1.165, 1.54) is 6.07 Å². The van der Waals surface area contributed by atoms with Crippen LogP contribution in [0.1, 0.15) is 42.2 Å². The molecule has 0 aliphatic heterocycles. The maximum absolute atomic E-state index is 12.4. The largest absolute Gasteiger partial charge is 0.477 e. The lowest BCUT2D eigenvalue weighted by atomic mass is 10.0. The molecular formula is C13H19NO4S2. The van der Waals surface area contributed by atoms with Gasteiger partial charge in [-0.1, -0.05) is 27.7 Å². The van der Waals surface area contributed by atoms with Crippen LogP contribution in [0.5, 0.6) is 0 Å². The Kier molecular flexibility index (Phi) is 3.31. The number of hydrogen-bond donors (Lipinski definition) is 2. The summed E-state index contributed by atoms with van der Waals surface area (Å²) in [6.45, 7) is 9.69. The molecule has 1 heterocycles. The summed E-state index contributed by atoms with van der Waals surface area (Å²) in [5.41, 5.74) is -0.223. The highest BCUT2D eigenvalue weighted by atomic mass is 32.2. The maximum Gasteiger partial charge on any atom is 0.345 e. The van der Waals surface area contributed by atoms with E-state index >= 15 is 0 Å². The minimum absolute atomic E-state index is 0.0391. The van der Waals surface area contributed by atoms with Crippen LogP contribution in [0.15, 0.2) is 11.0 Å². The van der Waals surface area contributed by atoms with E-state index in [0.29, 0.717) is 4.88 Å². The number of aromatic carboxylic acids is 1. The molecule has 1 saturated carbocycles. The van der Waals surface area contributed by atoms with Crippen LogP contribution < -0.4 is 4.72 Å². The van der Waals surface area contributed by atoms with Crippen molar-refractivity contribution in [2.75, 3.05) is 0 Å². The van der Waals surface area contributed by atoms with Gasteiger partial charge < -0.3 is 5.11 Å². The normalized spacial score (nSPS) is 20.9. The van der Waals surface area contributed by atoms with Gasteiger partial charge in [-0.15, -0.1) is 11.3 Å². The number of carboxylic acid groups (broad SMARTS) is 1. The predicted octanol–water partition coefficient (Wildman–Crippen LogP) is 2.47. The van der Waals surface area contributed by atoms with Crippen molar-refractivity contribution in [2.45, 2.75) is 45.6 Å². The highest BCUT2D eigenvalue weighted by molar-refractivity contribution is 7.89. The average Bonchev–Trinajstić information content (AvgIpc) is 2.66. The van der Waals surface area contributed by atoms with E-state index in [2.05, 4.69) is 4.72 Å². The van der Waals surface area contributed by atoms with Gasteiger partial charge in [-0.25, -0.2) is 17.9 Å². The molecule has 0 saturated heterocycles. The van der Waals surface area contributed by atoms with E-state index in [-0.39, 0.29) is 26.6 Å². The number of nitrogens with one attached hydrogen (secondary N) is 1. The van der Waals surface area contributed by atoms with Crippen molar-refractivity contribution in [3.05, 3.63) is 15.8 Å². The second-order valence-electron chi connectivity index (χ2n) is 6.33. The van der Waals surface area contributed by atoms with Crippen molar-refractivity contribution < 1.29 is 18.3 Å². The molecule has 112 valence electrons. The first-order chi connectivity index (χ1) is 8.91. The molecular weight excluding hydrogens is 298 g/mol. The lowest BCUT2D eigenvalue weighted by Gasteiger charge is -2.07. The lowest BCUT2D eigenvalue weighted by Crippen LogP contribution is -2.30. The van der Waals surface area contributed by atoms with Gasteiger partial charge in [0.1, 0.15) is 4.88 Å². The molecule has 0 spiro atoms. The van der Waals surface area contributed by atoms with E-state index in [9.17, 15) is 13.2 Å². The second kappa shape index (κ2) is 4.29. The second-order valence-corrected chi connectivity index (χ2v) is 9.27. The van der Waals surface area contributed by atoms with Crippen molar-refractivity contribution in [2.24, 2.45) is 10.8 Å². The van der Waals surface area contributed by atoms with E-state index in [1.807, 2.05) is 27.7 Å². The van der Waals surface area contributed by atoms with Crippen LogP contribution in [0.2, 0.25) is 0 Å². The Hall–Kier alpha value is -0.920. The molecule has 1 aromatic heterocycles. The molecule has 0 aromatic carbocycles. The highest BCUT2D eigenvalue weighted by Crippen LogP contribution is 2.63. The van der Waals surface area contributed by atoms with Crippen molar-refractivity contribution in [1.82, 2.24) is 4.72 Å². The zero-order valence-corrected chi connectivity index (χ0v) is 13.8. The Labute approximate surface area is 123 Å². The summed E-state index contributed by atoms with van der Waals surface area (Å²) in [4.78, 5) is 11.5. The molecule has 1 aliphatic carbocycles. The third-order valence-electron chi connectivity index (χ3n) is 4.67. The lowest BCUT2D eigenvalue weighted by molar-refractivity contribution is 0.0702. The Morgan fingerprint density at radius 1 is 1.30 bits per heavy atom. The zero-order valence-electron chi connectivity index (χ0n) is 12.1. The predicted molar refractivity (Wildman–Crippen MR) is 77.7 cm³/mol. The van der Waals surface area contributed by atoms with Crippen LogP contribution in [-0.2, 0) is 10.0 Å². The average molecular weight is 317 g/mol. The quantitative estimate of drug-likeness (QED) is 0.893. The first kappa shape index (κ1) is 15.5. The summed E-state index contributed by atoms with van der Waals surface area (Å²) in [5.74, 6) is -1.10. The zero-order chi connectivity index (χ0) is 15.5. The Morgan fingerprint density at radius 2 is 1.80 bits per heavy atom. The smallest absolute Gasteiger partial charge is 0.345 e. The fraction of sp³-hybridized carbons (Fsp3) is 0.615. The third-order valence-corrected chi connectivity index (χ3v) is 7.38. The van der Waals surface area contributed by atoms with Crippen molar-refractivity contribution in [3.63, 3.8) is 0 Å². The van der Waals surface area contributed by atoms with Crippen LogP contribution >= 0.6 is 11.3 Å². The van der Waals surface area contributed by atoms with Gasteiger partial charge in [0.2, 0.25) is 10.0 Å². The minimum Gasteiger partial charge on any atom is -0.477 e. The van der Waals surface area contributed by atoms with Gasteiger partial charge in [-0.05, 0) is 23.8 Å². The summed E-state index contributed by atoms with van der Waals surface area (Å²) in [6, 6.07) is 1.08. The molecule has 0 bridgehead atoms. The SMILES string of the molecule is Cc1sc(C(=O)O)cc1S(=O)(=O)NC1C(C)(C)C1(C)C. The molecule has 1 aliphatic rings. The van der Waals surface area contributed by atoms with Crippen LogP contribution in [0.25, 0.3) is 0 Å². The molecule has 0 amide bonds. The van der Waals surface area contributed by atoms with Gasteiger partial charge >= 0.3 is 5.97 Å². The number of carboxylic acids is 1. The summed E-state index contributed by atoms with van der Waals surface area (Å²) in [7, 11) is -3.69. The Balaban J connectivity index is 2.31. The van der Waals surface area contributed by atoms with Gasteiger partial charge in [0, 0.05) is 10.9 Å². The molecule has 0 radical (unpaired) electrons. The van der Waals surface area contributed by atoms with E-state index in [1.54, 1.807) is 6.92 Å². The number of carbonyl (C=O) groups is 1. The summed E-state index contributed by atoms with van der Waals surface area (Å²) >= 11 is 0.978. The number of thiophene rings is 1. The highest BCUT2D eigenvalue weighted by Gasteiger charge is 2.66. The van der Waals surface area contributed by atoms with Gasteiger partial charge in [0.05, 0.1) is 4.90 Å². The topological polar surface area (TPSA) is 83.5 Å². The monoisotopic (exact) mass is 317 g/mol. The third kappa shape index (κ3) is 2.17. The van der Waals surface area contributed by atoms with Crippen LogP contribution in [0.4, 0.5) is 0 Å².